The predicted octanol–water partition coefficient (Wildman–Crippen LogP) is 5.21. The molecule has 1 aromatic carbocycles. The molecule has 22 heavy (non-hydrogen) atoms. The molecule has 0 spiro atoms. The average Bonchev–Trinajstić information content (AvgIpc) is 2.42. The molecule has 0 bridgehead atoms. The normalized spacial score (nSPS) is 11.9. The lowest BCUT2D eigenvalue weighted by atomic mass is 9.84. The summed E-state index contributed by atoms with van der Waals surface area (Å²) in [6.07, 6.45) is 4.22. The molecule has 0 aliphatic rings. The smallest absolute Gasteiger partial charge is 0.217 e. The van der Waals surface area contributed by atoms with Crippen molar-refractivity contribution >= 4 is 12.0 Å². The topological polar surface area (TPSA) is 29.1 Å². The van der Waals surface area contributed by atoms with Gasteiger partial charge in [-0.2, -0.15) is 0 Å². The molecule has 0 heterocycles. The van der Waals surface area contributed by atoms with Gasteiger partial charge in [0, 0.05) is 13.5 Å². The fourth-order valence-corrected chi connectivity index (χ4v) is 2.58. The molecule has 0 unspecified atom stereocenters. The highest BCUT2D eigenvalue weighted by Gasteiger charge is 2.15. The van der Waals surface area contributed by atoms with Crippen molar-refractivity contribution in [1.29, 1.82) is 0 Å². The lowest BCUT2D eigenvalue weighted by Gasteiger charge is -2.21. The maximum absolute atomic E-state index is 11.0. The second-order valence-corrected chi connectivity index (χ2v) is 6.92. The molecule has 0 saturated heterocycles. The van der Waals surface area contributed by atoms with Crippen LogP contribution in [0.2, 0.25) is 0 Å². The first kappa shape index (κ1) is 18.5. The van der Waals surface area contributed by atoms with Gasteiger partial charge in [0.1, 0.15) is 0 Å². The molecule has 0 radical (unpaired) electrons. The van der Waals surface area contributed by atoms with Crippen molar-refractivity contribution in [2.75, 3.05) is 6.54 Å². The molecule has 1 N–H and O–H groups in total. The monoisotopic (exact) mass is 301 g/mol. The number of hydrogen-bond acceptors (Lipinski definition) is 1. The minimum atomic E-state index is 0.00738. The SMILES string of the molecule is CC(=O)NCC=Cc1c(C(C)C)cc(C(C)C)cc1C(C)C. The van der Waals surface area contributed by atoms with Gasteiger partial charge in [0.25, 0.3) is 0 Å². The highest BCUT2D eigenvalue weighted by atomic mass is 16.1. The van der Waals surface area contributed by atoms with Crippen molar-refractivity contribution < 1.29 is 4.79 Å². The first-order chi connectivity index (χ1) is 10.2. The molecule has 122 valence electrons. The van der Waals surface area contributed by atoms with E-state index in [1.807, 2.05) is 6.08 Å². The number of nitrogens with one attached hydrogen (secondary N) is 1. The van der Waals surface area contributed by atoms with E-state index in [1.54, 1.807) is 6.92 Å². The van der Waals surface area contributed by atoms with Gasteiger partial charge in [-0.05, 0) is 40.0 Å². The number of rotatable bonds is 6. The quantitative estimate of drug-likeness (QED) is 0.768. The van der Waals surface area contributed by atoms with Gasteiger partial charge >= 0.3 is 0 Å². The van der Waals surface area contributed by atoms with Crippen molar-refractivity contribution in [2.45, 2.75) is 66.2 Å². The Balaban J connectivity index is 3.29. The van der Waals surface area contributed by atoms with Crippen LogP contribution in [0.3, 0.4) is 0 Å². The van der Waals surface area contributed by atoms with Crippen LogP contribution in [0.5, 0.6) is 0 Å². The molecule has 0 atom stereocenters. The summed E-state index contributed by atoms with van der Waals surface area (Å²) in [6, 6.07) is 4.69. The largest absolute Gasteiger partial charge is 0.353 e. The standard InChI is InChI=1S/C20H31NO/c1-13(2)17-11-19(14(3)4)18(20(12-17)15(5)6)9-8-10-21-16(7)22/h8-9,11-15H,10H2,1-7H3,(H,21,22). The Bertz CT molecular complexity index is 510. The van der Waals surface area contributed by atoms with E-state index in [-0.39, 0.29) is 5.91 Å². The number of amides is 1. The molecule has 1 rings (SSSR count). The summed E-state index contributed by atoms with van der Waals surface area (Å²) >= 11 is 0. The molecule has 2 heteroatoms. The van der Waals surface area contributed by atoms with Crippen molar-refractivity contribution in [1.82, 2.24) is 5.32 Å². The fourth-order valence-electron chi connectivity index (χ4n) is 2.58. The van der Waals surface area contributed by atoms with E-state index in [1.165, 1.54) is 22.3 Å². The third-order valence-corrected chi connectivity index (χ3v) is 3.93. The molecule has 1 aromatic rings. The van der Waals surface area contributed by atoms with Crippen LogP contribution in [0.4, 0.5) is 0 Å². The Morgan fingerprint density at radius 1 is 1.00 bits per heavy atom. The van der Waals surface area contributed by atoms with Gasteiger partial charge in [0.2, 0.25) is 5.91 Å². The van der Waals surface area contributed by atoms with Crippen LogP contribution in [-0.4, -0.2) is 12.5 Å². The Morgan fingerprint density at radius 3 is 1.86 bits per heavy atom. The van der Waals surface area contributed by atoms with E-state index in [9.17, 15) is 4.79 Å². The number of hydrogen-bond donors (Lipinski definition) is 1. The van der Waals surface area contributed by atoms with Gasteiger partial charge in [-0.3, -0.25) is 4.79 Å². The molecular formula is C20H31NO. The third kappa shape index (κ3) is 5.01. The van der Waals surface area contributed by atoms with E-state index in [0.717, 1.165) is 0 Å². The first-order valence-electron chi connectivity index (χ1n) is 8.32. The number of carbonyl (C=O) groups excluding carboxylic acids is 1. The summed E-state index contributed by atoms with van der Waals surface area (Å²) < 4.78 is 0. The molecule has 0 saturated carbocycles. The maximum atomic E-state index is 11.0. The maximum Gasteiger partial charge on any atom is 0.217 e. The number of benzene rings is 1. The minimum absolute atomic E-state index is 0.00738. The van der Waals surface area contributed by atoms with Gasteiger partial charge < -0.3 is 5.32 Å². The summed E-state index contributed by atoms with van der Waals surface area (Å²) in [7, 11) is 0. The van der Waals surface area contributed by atoms with E-state index in [4.69, 9.17) is 0 Å². The third-order valence-electron chi connectivity index (χ3n) is 3.93. The van der Waals surface area contributed by atoms with Crippen LogP contribution in [0.25, 0.3) is 6.08 Å². The minimum Gasteiger partial charge on any atom is -0.353 e. The molecule has 1 amide bonds. The Hall–Kier alpha value is -1.57. The zero-order valence-corrected chi connectivity index (χ0v) is 15.2. The lowest BCUT2D eigenvalue weighted by Crippen LogP contribution is -2.19. The van der Waals surface area contributed by atoms with Crippen LogP contribution in [0, 0.1) is 0 Å². The van der Waals surface area contributed by atoms with Gasteiger partial charge in [0.05, 0.1) is 0 Å². The van der Waals surface area contributed by atoms with Gasteiger partial charge in [0.15, 0.2) is 0 Å². The summed E-state index contributed by atoms with van der Waals surface area (Å²) in [5, 5.41) is 2.82. The van der Waals surface area contributed by atoms with Crippen LogP contribution in [0.1, 0.15) is 88.5 Å². The van der Waals surface area contributed by atoms with Gasteiger partial charge in [-0.1, -0.05) is 65.8 Å². The second kappa shape index (κ2) is 8.17. The molecular weight excluding hydrogens is 270 g/mol. The Labute approximate surface area is 136 Å². The first-order valence-corrected chi connectivity index (χ1v) is 8.32. The highest BCUT2D eigenvalue weighted by Crippen LogP contribution is 2.32. The zero-order valence-electron chi connectivity index (χ0n) is 15.2. The van der Waals surface area contributed by atoms with Crippen LogP contribution in [0.15, 0.2) is 18.2 Å². The highest BCUT2D eigenvalue weighted by molar-refractivity contribution is 5.73. The van der Waals surface area contributed by atoms with E-state index < -0.39 is 0 Å². The molecule has 0 aliphatic heterocycles. The van der Waals surface area contributed by atoms with Gasteiger partial charge in [-0.25, -0.2) is 0 Å². The van der Waals surface area contributed by atoms with Crippen LogP contribution in [-0.2, 0) is 4.79 Å². The second-order valence-electron chi connectivity index (χ2n) is 6.92. The number of carbonyl (C=O) groups is 1. The average molecular weight is 301 g/mol. The van der Waals surface area contributed by atoms with Crippen molar-refractivity contribution in [3.63, 3.8) is 0 Å². The summed E-state index contributed by atoms with van der Waals surface area (Å²) in [6.45, 7) is 15.6. The van der Waals surface area contributed by atoms with Gasteiger partial charge in [-0.15, -0.1) is 0 Å². The molecule has 0 fully saturated rings. The van der Waals surface area contributed by atoms with Crippen molar-refractivity contribution in [3.8, 4) is 0 Å². The summed E-state index contributed by atoms with van der Waals surface area (Å²) in [5.74, 6) is 1.51. The molecule has 0 aromatic heterocycles. The van der Waals surface area contributed by atoms with E-state index in [2.05, 4.69) is 65.1 Å². The Kier molecular flexibility index (Phi) is 6.86. The van der Waals surface area contributed by atoms with Crippen molar-refractivity contribution in [2.24, 2.45) is 0 Å². The van der Waals surface area contributed by atoms with Crippen LogP contribution < -0.4 is 5.32 Å². The zero-order chi connectivity index (χ0) is 16.9. The lowest BCUT2D eigenvalue weighted by molar-refractivity contribution is -0.118. The molecule has 0 aliphatic carbocycles. The predicted molar refractivity (Wildman–Crippen MR) is 96.4 cm³/mol. The Morgan fingerprint density at radius 2 is 1.50 bits per heavy atom. The van der Waals surface area contributed by atoms with E-state index in [0.29, 0.717) is 24.3 Å². The summed E-state index contributed by atoms with van der Waals surface area (Å²) in [4.78, 5) is 11.0. The fraction of sp³-hybridized carbons (Fsp3) is 0.550. The summed E-state index contributed by atoms with van der Waals surface area (Å²) in [5.41, 5.74) is 5.52. The van der Waals surface area contributed by atoms with Crippen molar-refractivity contribution in [3.05, 3.63) is 40.5 Å². The molecule has 2 nitrogen and oxygen atoms in total. The van der Waals surface area contributed by atoms with E-state index >= 15 is 0 Å². The van der Waals surface area contributed by atoms with Crippen LogP contribution >= 0.6 is 0 Å².